The van der Waals surface area contributed by atoms with Gasteiger partial charge in [-0.1, -0.05) is 0 Å². The van der Waals surface area contributed by atoms with Crippen LogP contribution in [0.4, 0.5) is 5.69 Å². The fourth-order valence-electron chi connectivity index (χ4n) is 2.69. The van der Waals surface area contributed by atoms with Gasteiger partial charge >= 0.3 is 0 Å². The summed E-state index contributed by atoms with van der Waals surface area (Å²) in [5.74, 6) is 0. The monoisotopic (exact) mass is 259 g/mol. The van der Waals surface area contributed by atoms with Gasteiger partial charge in [-0.05, 0) is 42.5 Å². The fourth-order valence-corrected chi connectivity index (χ4v) is 3.65. The maximum Gasteiger partial charge on any atom is 0.0772 e. The van der Waals surface area contributed by atoms with Crippen LogP contribution in [-0.4, -0.2) is 11.5 Å². The Hall–Kier alpha value is -1.39. The van der Waals surface area contributed by atoms with E-state index in [-0.39, 0.29) is 0 Å². The van der Waals surface area contributed by atoms with Crippen LogP contribution in [0.3, 0.4) is 0 Å². The molecular weight excluding hydrogens is 242 g/mol. The van der Waals surface area contributed by atoms with E-state index in [9.17, 15) is 0 Å². The minimum absolute atomic E-state index is 0.412. The van der Waals surface area contributed by atoms with Crippen molar-refractivity contribution in [2.75, 3.05) is 11.4 Å². The van der Waals surface area contributed by atoms with Gasteiger partial charge in [-0.3, -0.25) is 4.98 Å². The predicted molar refractivity (Wildman–Crippen MR) is 75.9 cm³/mol. The molecule has 2 aromatic heterocycles. The summed E-state index contributed by atoms with van der Waals surface area (Å²) in [5.41, 5.74) is 9.42. The lowest BCUT2D eigenvalue weighted by atomic mass is 10.0. The van der Waals surface area contributed by atoms with Crippen LogP contribution in [0.15, 0.2) is 29.8 Å². The van der Waals surface area contributed by atoms with Crippen molar-refractivity contribution in [3.63, 3.8) is 0 Å². The highest BCUT2D eigenvalue weighted by Crippen LogP contribution is 2.36. The second-order valence-electron chi connectivity index (χ2n) is 4.59. The van der Waals surface area contributed by atoms with Gasteiger partial charge in [0.1, 0.15) is 0 Å². The Balaban J connectivity index is 1.99. The smallest absolute Gasteiger partial charge is 0.0772 e. The second-order valence-corrected chi connectivity index (χ2v) is 5.59. The van der Waals surface area contributed by atoms with Crippen molar-refractivity contribution >= 4 is 17.0 Å². The Labute approximate surface area is 111 Å². The summed E-state index contributed by atoms with van der Waals surface area (Å²) in [6.07, 6.45) is 2.94. The van der Waals surface area contributed by atoms with Crippen molar-refractivity contribution in [2.24, 2.45) is 5.73 Å². The summed E-state index contributed by atoms with van der Waals surface area (Å²) in [7, 11) is 0. The third-order valence-corrected chi connectivity index (χ3v) is 4.64. The van der Waals surface area contributed by atoms with E-state index in [0.29, 0.717) is 12.6 Å². The van der Waals surface area contributed by atoms with Gasteiger partial charge in [0.15, 0.2) is 0 Å². The van der Waals surface area contributed by atoms with E-state index in [0.717, 1.165) is 18.7 Å². The summed E-state index contributed by atoms with van der Waals surface area (Å²) >= 11 is 1.87. The van der Waals surface area contributed by atoms with Crippen LogP contribution >= 0.6 is 11.3 Å². The number of nitrogens with two attached hydrogens (primary N) is 1. The van der Waals surface area contributed by atoms with Crippen molar-refractivity contribution in [3.8, 4) is 0 Å². The number of hydrogen-bond donors (Lipinski definition) is 1. The molecule has 1 aliphatic heterocycles. The number of thiophene rings is 1. The van der Waals surface area contributed by atoms with Crippen LogP contribution in [0, 0.1) is 0 Å². The molecule has 0 saturated heterocycles. The first-order valence-electron chi connectivity index (χ1n) is 6.28. The molecule has 0 spiro atoms. The highest BCUT2D eigenvalue weighted by Gasteiger charge is 2.26. The van der Waals surface area contributed by atoms with Crippen LogP contribution in [0.25, 0.3) is 0 Å². The molecule has 1 unspecified atom stereocenters. The Morgan fingerprint density at radius 2 is 2.39 bits per heavy atom. The number of rotatable bonds is 2. The number of pyridine rings is 1. The number of fused-ring (bicyclic) bond motifs is 1. The van der Waals surface area contributed by atoms with Crippen LogP contribution in [-0.2, 0) is 13.0 Å². The number of nitrogens with zero attached hydrogens (tertiary/aromatic N) is 2. The zero-order chi connectivity index (χ0) is 12.5. The van der Waals surface area contributed by atoms with E-state index in [1.165, 1.54) is 16.1 Å². The van der Waals surface area contributed by atoms with Gasteiger partial charge in [0.25, 0.3) is 0 Å². The molecule has 18 heavy (non-hydrogen) atoms. The molecule has 2 N–H and O–H groups in total. The third kappa shape index (κ3) is 1.82. The van der Waals surface area contributed by atoms with Gasteiger partial charge in [0.05, 0.1) is 17.4 Å². The first kappa shape index (κ1) is 11.7. The molecule has 2 aromatic rings. The Morgan fingerprint density at radius 1 is 1.50 bits per heavy atom. The molecule has 0 fully saturated rings. The van der Waals surface area contributed by atoms with Gasteiger partial charge in [-0.2, -0.15) is 0 Å². The molecule has 0 saturated carbocycles. The van der Waals surface area contributed by atoms with Crippen LogP contribution in [0.5, 0.6) is 0 Å². The fraction of sp³-hybridized carbons (Fsp3) is 0.357. The van der Waals surface area contributed by atoms with Gasteiger partial charge in [-0.15, -0.1) is 11.3 Å². The van der Waals surface area contributed by atoms with Crippen molar-refractivity contribution in [2.45, 2.75) is 25.9 Å². The average molecular weight is 259 g/mol. The zero-order valence-corrected chi connectivity index (χ0v) is 11.3. The molecule has 4 heteroatoms. The highest BCUT2D eigenvalue weighted by molar-refractivity contribution is 7.10. The summed E-state index contributed by atoms with van der Waals surface area (Å²) in [6.45, 7) is 3.81. The Morgan fingerprint density at radius 3 is 3.22 bits per heavy atom. The third-order valence-electron chi connectivity index (χ3n) is 3.65. The average Bonchev–Trinajstić information content (AvgIpc) is 2.88. The van der Waals surface area contributed by atoms with Crippen molar-refractivity contribution in [1.29, 1.82) is 0 Å². The molecule has 0 aromatic carbocycles. The minimum atomic E-state index is 0.412. The molecule has 3 heterocycles. The molecular formula is C14H17N3S. The molecule has 0 bridgehead atoms. The molecule has 1 atom stereocenters. The summed E-state index contributed by atoms with van der Waals surface area (Å²) in [4.78, 5) is 8.33. The molecule has 0 aliphatic carbocycles. The molecule has 3 nitrogen and oxygen atoms in total. The van der Waals surface area contributed by atoms with E-state index in [2.05, 4.69) is 34.3 Å². The number of hydrogen-bond acceptors (Lipinski definition) is 4. The van der Waals surface area contributed by atoms with Crippen molar-refractivity contribution < 1.29 is 0 Å². The topological polar surface area (TPSA) is 42.2 Å². The highest BCUT2D eigenvalue weighted by atomic mass is 32.1. The van der Waals surface area contributed by atoms with Crippen LogP contribution in [0.1, 0.15) is 29.1 Å². The first-order valence-corrected chi connectivity index (χ1v) is 7.16. The van der Waals surface area contributed by atoms with Crippen LogP contribution in [0.2, 0.25) is 0 Å². The maximum atomic E-state index is 5.79. The largest absolute Gasteiger partial charge is 0.363 e. The Kier molecular flexibility index (Phi) is 3.06. The molecule has 0 radical (unpaired) electrons. The second kappa shape index (κ2) is 4.71. The summed E-state index contributed by atoms with van der Waals surface area (Å²) in [5, 5.41) is 2.19. The maximum absolute atomic E-state index is 5.79. The molecule has 1 aliphatic rings. The van der Waals surface area contributed by atoms with Crippen LogP contribution < -0.4 is 10.6 Å². The van der Waals surface area contributed by atoms with Crippen molar-refractivity contribution in [3.05, 3.63) is 45.9 Å². The normalized spacial score (nSPS) is 18.8. The number of anilines is 1. The molecule has 3 rings (SSSR count). The van der Waals surface area contributed by atoms with Crippen molar-refractivity contribution in [1.82, 2.24) is 4.98 Å². The minimum Gasteiger partial charge on any atom is -0.363 e. The summed E-state index contributed by atoms with van der Waals surface area (Å²) < 4.78 is 0. The lowest BCUT2D eigenvalue weighted by molar-refractivity contribution is 0.628. The van der Waals surface area contributed by atoms with Gasteiger partial charge < -0.3 is 10.6 Å². The van der Waals surface area contributed by atoms with Gasteiger partial charge in [0.2, 0.25) is 0 Å². The Bertz CT molecular complexity index is 549. The summed E-state index contributed by atoms with van der Waals surface area (Å²) in [6, 6.07) is 6.78. The zero-order valence-electron chi connectivity index (χ0n) is 10.5. The van der Waals surface area contributed by atoms with E-state index >= 15 is 0 Å². The lowest BCUT2D eigenvalue weighted by Crippen LogP contribution is -2.34. The van der Waals surface area contributed by atoms with Gasteiger partial charge in [0, 0.05) is 24.2 Å². The lowest BCUT2D eigenvalue weighted by Gasteiger charge is -2.36. The van der Waals surface area contributed by atoms with E-state index in [4.69, 9.17) is 5.73 Å². The van der Waals surface area contributed by atoms with Gasteiger partial charge in [-0.25, -0.2) is 0 Å². The molecule has 94 valence electrons. The first-order chi connectivity index (χ1) is 8.81. The van der Waals surface area contributed by atoms with E-state index in [1.807, 2.05) is 23.6 Å². The standard InChI is InChI=1S/C14H17N3S/c1-10-11-5-8-18-14(11)4-7-17(10)13-3-2-6-16-12(13)9-15/h2-3,5-6,8,10H,4,7,9,15H2,1H3. The molecule has 0 amide bonds. The van der Waals surface area contributed by atoms with E-state index in [1.54, 1.807) is 0 Å². The SMILES string of the molecule is CC1c2ccsc2CCN1c1cccnc1CN. The quantitative estimate of drug-likeness (QED) is 0.901. The van der Waals surface area contributed by atoms with E-state index < -0.39 is 0 Å². The predicted octanol–water partition coefficient (Wildman–Crippen LogP) is 2.73. The number of aromatic nitrogens is 1.